The lowest BCUT2D eigenvalue weighted by Gasteiger charge is -2.15. The van der Waals surface area contributed by atoms with Crippen molar-refractivity contribution in [1.29, 1.82) is 0 Å². The summed E-state index contributed by atoms with van der Waals surface area (Å²) in [5.74, 6) is 1.26. The molecule has 0 spiro atoms. The zero-order valence-electron chi connectivity index (χ0n) is 16.0. The number of hydrogen-bond donors (Lipinski definition) is 0. The first-order chi connectivity index (χ1) is 12.5. The topological polar surface area (TPSA) is 33.2 Å². The largest absolute Gasteiger partial charge is 0.299 e. The van der Waals surface area contributed by atoms with Crippen molar-refractivity contribution in [2.24, 2.45) is 5.92 Å². The highest BCUT2D eigenvalue weighted by atomic mass is 16.1. The summed E-state index contributed by atoms with van der Waals surface area (Å²) in [7, 11) is 0. The van der Waals surface area contributed by atoms with Gasteiger partial charge < -0.3 is 0 Å². The average molecular weight is 348 g/mol. The molecule has 0 aliphatic carbocycles. The average Bonchev–Trinajstić information content (AvgIpc) is 3.10. The maximum absolute atomic E-state index is 11.6. The number of nitrogens with zero attached hydrogens (tertiary/aromatic N) is 2. The van der Waals surface area contributed by atoms with Crippen LogP contribution in [-0.4, -0.2) is 35.3 Å². The zero-order valence-corrected chi connectivity index (χ0v) is 16.0. The highest BCUT2D eigenvalue weighted by Crippen LogP contribution is 2.29. The lowest BCUT2D eigenvalue weighted by atomic mass is 9.97. The summed E-state index contributed by atoms with van der Waals surface area (Å²) in [6.07, 6.45) is 7.65. The summed E-state index contributed by atoms with van der Waals surface area (Å²) in [4.78, 5) is 18.7. The van der Waals surface area contributed by atoms with Crippen molar-refractivity contribution in [3.63, 3.8) is 0 Å². The molecule has 1 aromatic carbocycles. The van der Waals surface area contributed by atoms with Gasteiger partial charge in [-0.25, -0.2) is 0 Å². The molecule has 3 heteroatoms. The monoisotopic (exact) mass is 348 g/mol. The molecule has 2 aromatic rings. The number of ketones is 1. The van der Waals surface area contributed by atoms with Crippen LogP contribution in [0.15, 0.2) is 54.7 Å². The van der Waals surface area contributed by atoms with E-state index in [-0.39, 0.29) is 5.78 Å². The quantitative estimate of drug-likeness (QED) is 0.547. The van der Waals surface area contributed by atoms with Gasteiger partial charge in [-0.3, -0.25) is 14.7 Å². The van der Waals surface area contributed by atoms with Gasteiger partial charge in [0.25, 0.3) is 0 Å². The van der Waals surface area contributed by atoms with E-state index in [0.717, 1.165) is 36.5 Å². The summed E-state index contributed by atoms with van der Waals surface area (Å²) in [5.41, 5.74) is 4.04. The number of hydrogen-bond acceptors (Lipinski definition) is 3. The summed E-state index contributed by atoms with van der Waals surface area (Å²) in [5, 5.41) is 0. The zero-order chi connectivity index (χ0) is 18.5. The number of carbonyl (C=O) groups excluding carboxylic acids is 1. The molecule has 3 nitrogen and oxygen atoms in total. The Balaban J connectivity index is 1.72. The molecule has 0 bridgehead atoms. The fraction of sp³-hybridized carbons (Fsp3) is 0.391. The number of allylic oxidation sites excluding steroid dienone is 1. The minimum Gasteiger partial charge on any atom is -0.299 e. The molecule has 1 aliphatic heterocycles. The minimum absolute atomic E-state index is 0.0869. The van der Waals surface area contributed by atoms with E-state index in [4.69, 9.17) is 0 Å². The molecule has 0 radical (unpaired) electrons. The molecule has 1 aliphatic rings. The van der Waals surface area contributed by atoms with Gasteiger partial charge in [-0.1, -0.05) is 44.2 Å². The molecular formula is C23H28N2O. The molecule has 0 amide bonds. The Morgan fingerprint density at radius 2 is 2.15 bits per heavy atom. The Morgan fingerprint density at radius 3 is 2.92 bits per heavy atom. The standard InChI is InChI=1S/C23H28N2O/c1-17(2)6-5-12-25-13-10-22(16-25)20-9-11-24-23(15-20)21-8-4-7-19(14-21)18(3)26/h4-9,11,14-15,17,22H,10,12-13,16H2,1-3H3/b6-5+/t22-/m0/s1. The Kier molecular flexibility index (Phi) is 6.00. The van der Waals surface area contributed by atoms with Crippen molar-refractivity contribution >= 4 is 5.78 Å². The molecule has 1 atom stereocenters. The van der Waals surface area contributed by atoms with Crippen LogP contribution in [0.2, 0.25) is 0 Å². The lowest BCUT2D eigenvalue weighted by molar-refractivity contribution is 0.101. The number of carbonyl (C=O) groups is 1. The lowest BCUT2D eigenvalue weighted by Crippen LogP contribution is -2.20. The third kappa shape index (κ3) is 4.67. The van der Waals surface area contributed by atoms with E-state index in [0.29, 0.717) is 11.8 Å². The fourth-order valence-corrected chi connectivity index (χ4v) is 3.51. The van der Waals surface area contributed by atoms with Gasteiger partial charge in [0.1, 0.15) is 0 Å². The second-order valence-electron chi connectivity index (χ2n) is 7.53. The Hall–Kier alpha value is -2.26. The Labute approximate surface area is 156 Å². The second kappa shape index (κ2) is 8.41. The normalized spacial score (nSPS) is 18.1. The number of pyridine rings is 1. The highest BCUT2D eigenvalue weighted by Gasteiger charge is 2.23. The molecule has 2 heterocycles. The van der Waals surface area contributed by atoms with E-state index >= 15 is 0 Å². The SMILES string of the molecule is CC(=O)c1cccc(-c2cc([C@H]3CCN(C/C=C/C(C)C)C3)ccn2)c1. The summed E-state index contributed by atoms with van der Waals surface area (Å²) in [6, 6.07) is 12.1. The molecular weight excluding hydrogens is 320 g/mol. The van der Waals surface area contributed by atoms with Crippen LogP contribution in [0, 0.1) is 5.92 Å². The van der Waals surface area contributed by atoms with Crippen LogP contribution in [0.25, 0.3) is 11.3 Å². The molecule has 0 saturated carbocycles. The molecule has 0 unspecified atom stereocenters. The van der Waals surface area contributed by atoms with Crippen LogP contribution >= 0.6 is 0 Å². The van der Waals surface area contributed by atoms with E-state index in [1.807, 2.05) is 30.5 Å². The van der Waals surface area contributed by atoms with E-state index in [9.17, 15) is 4.79 Å². The highest BCUT2D eigenvalue weighted by molar-refractivity contribution is 5.95. The van der Waals surface area contributed by atoms with Gasteiger partial charge in [-0.05, 0) is 55.5 Å². The van der Waals surface area contributed by atoms with Gasteiger partial charge in [0.15, 0.2) is 5.78 Å². The van der Waals surface area contributed by atoms with Crippen molar-refractivity contribution in [2.45, 2.75) is 33.1 Å². The molecule has 136 valence electrons. The summed E-state index contributed by atoms with van der Waals surface area (Å²) in [6.45, 7) is 9.30. The Bertz CT molecular complexity index is 794. The van der Waals surface area contributed by atoms with Crippen LogP contribution in [0.5, 0.6) is 0 Å². The fourth-order valence-electron chi connectivity index (χ4n) is 3.51. The first kappa shape index (κ1) is 18.5. The number of likely N-dealkylation sites (tertiary alicyclic amines) is 1. The summed E-state index contributed by atoms with van der Waals surface area (Å²) < 4.78 is 0. The van der Waals surface area contributed by atoms with Crippen molar-refractivity contribution in [1.82, 2.24) is 9.88 Å². The van der Waals surface area contributed by atoms with E-state index in [1.165, 1.54) is 12.0 Å². The molecule has 1 fully saturated rings. The molecule has 0 N–H and O–H groups in total. The van der Waals surface area contributed by atoms with Crippen LogP contribution in [-0.2, 0) is 0 Å². The molecule has 1 aromatic heterocycles. The van der Waals surface area contributed by atoms with Crippen LogP contribution in [0.4, 0.5) is 0 Å². The van der Waals surface area contributed by atoms with Gasteiger partial charge in [-0.2, -0.15) is 0 Å². The van der Waals surface area contributed by atoms with E-state index in [2.05, 4.69) is 48.0 Å². The maximum atomic E-state index is 11.6. The molecule has 3 rings (SSSR count). The van der Waals surface area contributed by atoms with Crippen molar-refractivity contribution in [3.05, 3.63) is 65.9 Å². The van der Waals surface area contributed by atoms with Gasteiger partial charge in [-0.15, -0.1) is 0 Å². The van der Waals surface area contributed by atoms with Crippen molar-refractivity contribution in [3.8, 4) is 11.3 Å². The van der Waals surface area contributed by atoms with E-state index in [1.54, 1.807) is 6.92 Å². The van der Waals surface area contributed by atoms with Crippen LogP contribution in [0.1, 0.15) is 49.0 Å². The third-order valence-corrected chi connectivity index (χ3v) is 4.98. The van der Waals surface area contributed by atoms with Gasteiger partial charge in [0.05, 0.1) is 5.69 Å². The molecule has 26 heavy (non-hydrogen) atoms. The first-order valence-corrected chi connectivity index (χ1v) is 9.49. The number of Topliss-reactive ketones (excluding diaryl/α,β-unsaturated/α-hetero) is 1. The van der Waals surface area contributed by atoms with Crippen LogP contribution < -0.4 is 0 Å². The second-order valence-corrected chi connectivity index (χ2v) is 7.53. The van der Waals surface area contributed by atoms with Gasteiger partial charge in [0, 0.05) is 30.4 Å². The van der Waals surface area contributed by atoms with Crippen LogP contribution in [0.3, 0.4) is 0 Å². The molecule has 1 saturated heterocycles. The van der Waals surface area contributed by atoms with Crippen molar-refractivity contribution in [2.75, 3.05) is 19.6 Å². The first-order valence-electron chi connectivity index (χ1n) is 9.49. The predicted octanol–water partition coefficient (Wildman–Crippen LogP) is 4.95. The predicted molar refractivity (Wildman–Crippen MR) is 107 cm³/mol. The smallest absolute Gasteiger partial charge is 0.159 e. The minimum atomic E-state index is 0.0869. The van der Waals surface area contributed by atoms with Gasteiger partial charge in [0.2, 0.25) is 0 Å². The Morgan fingerprint density at radius 1 is 1.31 bits per heavy atom. The van der Waals surface area contributed by atoms with Gasteiger partial charge >= 0.3 is 0 Å². The maximum Gasteiger partial charge on any atom is 0.159 e. The summed E-state index contributed by atoms with van der Waals surface area (Å²) >= 11 is 0. The third-order valence-electron chi connectivity index (χ3n) is 4.98. The van der Waals surface area contributed by atoms with Crippen molar-refractivity contribution < 1.29 is 4.79 Å². The van der Waals surface area contributed by atoms with E-state index < -0.39 is 0 Å². The number of aromatic nitrogens is 1. The number of benzene rings is 1. The number of rotatable bonds is 6.